The second-order valence-corrected chi connectivity index (χ2v) is 5.13. The highest BCUT2D eigenvalue weighted by molar-refractivity contribution is 6.30. The first kappa shape index (κ1) is 14.9. The molecule has 4 heteroatoms. The van der Waals surface area contributed by atoms with Crippen LogP contribution >= 0.6 is 11.6 Å². The van der Waals surface area contributed by atoms with Gasteiger partial charge >= 0.3 is 0 Å². The van der Waals surface area contributed by atoms with Crippen molar-refractivity contribution >= 4 is 11.6 Å². The van der Waals surface area contributed by atoms with Crippen LogP contribution in [0.4, 0.5) is 8.78 Å². The summed E-state index contributed by atoms with van der Waals surface area (Å²) in [6, 6.07) is 11.6. The summed E-state index contributed by atoms with van der Waals surface area (Å²) in [6.07, 6.45) is 0.804. The largest absolute Gasteiger partial charge is 0.310 e. The van der Waals surface area contributed by atoms with Crippen LogP contribution in [0.25, 0.3) is 0 Å². The van der Waals surface area contributed by atoms with E-state index in [-0.39, 0.29) is 6.04 Å². The van der Waals surface area contributed by atoms with E-state index in [9.17, 15) is 8.78 Å². The predicted octanol–water partition coefficient (Wildman–Crippen LogP) is 4.51. The van der Waals surface area contributed by atoms with E-state index >= 15 is 0 Å². The minimum atomic E-state index is -0.811. The summed E-state index contributed by atoms with van der Waals surface area (Å²) in [7, 11) is 0. The van der Waals surface area contributed by atoms with Gasteiger partial charge in [0.25, 0.3) is 0 Å². The van der Waals surface area contributed by atoms with E-state index in [1.54, 1.807) is 6.07 Å². The van der Waals surface area contributed by atoms with E-state index in [1.807, 2.05) is 31.2 Å². The van der Waals surface area contributed by atoms with Crippen molar-refractivity contribution < 1.29 is 8.78 Å². The lowest BCUT2D eigenvalue weighted by molar-refractivity contribution is 0.474. The van der Waals surface area contributed by atoms with Crippen molar-refractivity contribution in [3.63, 3.8) is 0 Å². The zero-order valence-electron chi connectivity index (χ0n) is 11.2. The molecule has 0 saturated carbocycles. The highest BCUT2D eigenvalue weighted by Gasteiger charge is 2.13. The molecule has 1 nitrogen and oxygen atoms in total. The van der Waals surface area contributed by atoms with Crippen molar-refractivity contribution in [1.29, 1.82) is 0 Å². The molecule has 0 fully saturated rings. The summed E-state index contributed by atoms with van der Waals surface area (Å²) in [4.78, 5) is 0. The van der Waals surface area contributed by atoms with Crippen LogP contribution < -0.4 is 5.32 Å². The standard InChI is InChI=1S/C16H16ClF2N/c1-11(14-3-2-4-15(18)16(14)19)20-10-9-12-5-7-13(17)8-6-12/h2-8,11,20H,9-10H2,1H3. The summed E-state index contributed by atoms with van der Waals surface area (Å²) in [5.41, 5.74) is 1.50. The summed E-state index contributed by atoms with van der Waals surface area (Å²) >= 11 is 5.82. The van der Waals surface area contributed by atoms with Crippen LogP contribution in [0.5, 0.6) is 0 Å². The Morgan fingerprint density at radius 2 is 1.80 bits per heavy atom. The van der Waals surface area contributed by atoms with E-state index < -0.39 is 11.6 Å². The van der Waals surface area contributed by atoms with E-state index in [2.05, 4.69) is 5.32 Å². The fourth-order valence-electron chi connectivity index (χ4n) is 2.05. The van der Waals surface area contributed by atoms with Gasteiger partial charge in [-0.05, 0) is 43.7 Å². The zero-order valence-corrected chi connectivity index (χ0v) is 11.9. The van der Waals surface area contributed by atoms with Crippen LogP contribution in [0.2, 0.25) is 5.02 Å². The minimum Gasteiger partial charge on any atom is -0.310 e. The van der Waals surface area contributed by atoms with Crippen molar-refractivity contribution in [2.24, 2.45) is 0 Å². The molecule has 106 valence electrons. The predicted molar refractivity (Wildman–Crippen MR) is 77.9 cm³/mol. The normalized spacial score (nSPS) is 12.4. The van der Waals surface area contributed by atoms with E-state index in [4.69, 9.17) is 11.6 Å². The molecule has 0 radical (unpaired) electrons. The van der Waals surface area contributed by atoms with Gasteiger partial charge in [0.15, 0.2) is 11.6 Å². The number of nitrogens with one attached hydrogen (secondary N) is 1. The number of halogens is 3. The zero-order chi connectivity index (χ0) is 14.5. The van der Waals surface area contributed by atoms with Gasteiger partial charge in [-0.2, -0.15) is 0 Å². The van der Waals surface area contributed by atoms with Crippen LogP contribution in [0.1, 0.15) is 24.1 Å². The molecule has 0 amide bonds. The summed E-state index contributed by atoms with van der Waals surface area (Å²) in [5.74, 6) is -1.59. The van der Waals surface area contributed by atoms with Crippen LogP contribution in [0.3, 0.4) is 0 Å². The molecular weight excluding hydrogens is 280 g/mol. The third kappa shape index (κ3) is 3.78. The van der Waals surface area contributed by atoms with Gasteiger partial charge < -0.3 is 5.32 Å². The fourth-order valence-corrected chi connectivity index (χ4v) is 2.17. The molecule has 0 bridgehead atoms. The van der Waals surface area contributed by atoms with E-state index in [0.717, 1.165) is 18.1 Å². The van der Waals surface area contributed by atoms with Gasteiger partial charge in [0.05, 0.1) is 0 Å². The molecule has 1 N–H and O–H groups in total. The third-order valence-electron chi connectivity index (χ3n) is 3.23. The Balaban J connectivity index is 1.90. The Morgan fingerprint density at radius 3 is 2.50 bits per heavy atom. The van der Waals surface area contributed by atoms with Crippen LogP contribution in [-0.2, 0) is 6.42 Å². The van der Waals surface area contributed by atoms with Gasteiger partial charge in [-0.15, -0.1) is 0 Å². The molecule has 2 aromatic carbocycles. The van der Waals surface area contributed by atoms with Gasteiger partial charge in [-0.3, -0.25) is 0 Å². The monoisotopic (exact) mass is 295 g/mol. The molecule has 0 aliphatic heterocycles. The average Bonchev–Trinajstić information content (AvgIpc) is 2.44. The number of hydrogen-bond donors (Lipinski definition) is 1. The molecule has 0 aliphatic carbocycles. The quantitative estimate of drug-likeness (QED) is 0.855. The molecule has 20 heavy (non-hydrogen) atoms. The highest BCUT2D eigenvalue weighted by Crippen LogP contribution is 2.19. The number of rotatable bonds is 5. The van der Waals surface area contributed by atoms with Crippen molar-refractivity contribution in [1.82, 2.24) is 5.32 Å². The molecule has 0 aromatic heterocycles. The Hall–Kier alpha value is -1.45. The lowest BCUT2D eigenvalue weighted by atomic mass is 10.1. The molecular formula is C16H16ClF2N. The highest BCUT2D eigenvalue weighted by atomic mass is 35.5. The molecule has 0 spiro atoms. The Morgan fingerprint density at radius 1 is 1.10 bits per heavy atom. The van der Waals surface area contributed by atoms with Gasteiger partial charge in [0.1, 0.15) is 0 Å². The second kappa shape index (κ2) is 6.82. The van der Waals surface area contributed by atoms with E-state index in [1.165, 1.54) is 6.07 Å². The maximum absolute atomic E-state index is 13.6. The first-order valence-corrected chi connectivity index (χ1v) is 6.87. The number of benzene rings is 2. The number of hydrogen-bond acceptors (Lipinski definition) is 1. The smallest absolute Gasteiger partial charge is 0.163 e. The Kier molecular flexibility index (Phi) is 5.10. The van der Waals surface area contributed by atoms with Gasteiger partial charge in [-0.25, -0.2) is 8.78 Å². The molecule has 2 aromatic rings. The second-order valence-electron chi connectivity index (χ2n) is 4.70. The summed E-state index contributed by atoms with van der Waals surface area (Å²) in [6.45, 7) is 2.50. The van der Waals surface area contributed by atoms with E-state index in [0.29, 0.717) is 17.1 Å². The maximum Gasteiger partial charge on any atom is 0.163 e. The molecule has 1 unspecified atom stereocenters. The topological polar surface area (TPSA) is 12.0 Å². The molecule has 1 atom stereocenters. The SMILES string of the molecule is CC(NCCc1ccc(Cl)cc1)c1cccc(F)c1F. The van der Waals surface area contributed by atoms with Gasteiger partial charge in [0, 0.05) is 16.6 Å². The summed E-state index contributed by atoms with van der Waals surface area (Å²) < 4.78 is 26.8. The van der Waals surface area contributed by atoms with Gasteiger partial charge in [0.2, 0.25) is 0 Å². The van der Waals surface area contributed by atoms with Crippen molar-refractivity contribution in [2.75, 3.05) is 6.54 Å². The fraction of sp³-hybridized carbons (Fsp3) is 0.250. The lowest BCUT2D eigenvalue weighted by Crippen LogP contribution is -2.22. The van der Waals surface area contributed by atoms with Crippen molar-refractivity contribution in [3.8, 4) is 0 Å². The average molecular weight is 296 g/mol. The maximum atomic E-state index is 13.6. The molecule has 0 aliphatic rings. The van der Waals surface area contributed by atoms with Gasteiger partial charge in [-0.1, -0.05) is 35.9 Å². The summed E-state index contributed by atoms with van der Waals surface area (Å²) in [5, 5.41) is 3.90. The molecule has 0 heterocycles. The minimum absolute atomic E-state index is 0.238. The Bertz CT molecular complexity index is 569. The van der Waals surface area contributed by atoms with Crippen molar-refractivity contribution in [3.05, 3.63) is 70.2 Å². The first-order valence-electron chi connectivity index (χ1n) is 6.49. The van der Waals surface area contributed by atoms with Crippen molar-refractivity contribution in [2.45, 2.75) is 19.4 Å². The van der Waals surface area contributed by atoms with Crippen LogP contribution in [0, 0.1) is 11.6 Å². The lowest BCUT2D eigenvalue weighted by Gasteiger charge is -2.15. The van der Waals surface area contributed by atoms with Crippen LogP contribution in [-0.4, -0.2) is 6.54 Å². The molecule has 2 rings (SSSR count). The third-order valence-corrected chi connectivity index (χ3v) is 3.48. The first-order chi connectivity index (χ1) is 9.58. The van der Waals surface area contributed by atoms with Crippen LogP contribution in [0.15, 0.2) is 42.5 Å². The Labute approximate surface area is 122 Å². The molecule has 0 saturated heterocycles.